The van der Waals surface area contributed by atoms with Crippen LogP contribution in [-0.4, -0.2) is 22.5 Å². The Labute approximate surface area is 166 Å². The van der Waals surface area contributed by atoms with Gasteiger partial charge in [-0.05, 0) is 36.6 Å². The van der Waals surface area contributed by atoms with Crippen LogP contribution >= 0.6 is 0 Å². The van der Waals surface area contributed by atoms with Crippen molar-refractivity contribution in [2.24, 2.45) is 0 Å². The van der Waals surface area contributed by atoms with Crippen LogP contribution in [0.5, 0.6) is 0 Å². The molecule has 2 N–H and O–H groups in total. The zero-order valence-corrected chi connectivity index (χ0v) is 16.5. The van der Waals surface area contributed by atoms with Crippen LogP contribution in [0.15, 0.2) is 66.7 Å². The molecule has 0 saturated heterocycles. The van der Waals surface area contributed by atoms with Crippen LogP contribution in [0, 0.1) is 0 Å². The Morgan fingerprint density at radius 2 is 1.50 bits per heavy atom. The van der Waals surface area contributed by atoms with Crippen molar-refractivity contribution < 1.29 is 14.7 Å². The quantitative estimate of drug-likeness (QED) is 0.535. The molecule has 2 aromatic rings. The molecule has 0 aliphatic heterocycles. The van der Waals surface area contributed by atoms with Gasteiger partial charge in [-0.2, -0.15) is 0 Å². The lowest BCUT2D eigenvalue weighted by Gasteiger charge is -2.30. The molecule has 0 atom stereocenters. The SMILES string of the molecule is CCCC(O)(CCC)C(=O)NN(C(=O)/C=C/c1ccccc1)c1ccccc1. The smallest absolute Gasteiger partial charge is 0.270 e. The third kappa shape index (κ3) is 5.79. The lowest BCUT2D eigenvalue weighted by atomic mass is 9.92. The van der Waals surface area contributed by atoms with E-state index in [4.69, 9.17) is 0 Å². The van der Waals surface area contributed by atoms with E-state index in [-0.39, 0.29) is 0 Å². The molecule has 0 aliphatic carbocycles. The third-order valence-corrected chi connectivity index (χ3v) is 4.42. The number of para-hydroxylation sites is 1. The average Bonchev–Trinajstić information content (AvgIpc) is 2.71. The second-order valence-electron chi connectivity index (χ2n) is 6.73. The van der Waals surface area contributed by atoms with Gasteiger partial charge in [0.1, 0.15) is 5.60 Å². The van der Waals surface area contributed by atoms with E-state index in [1.807, 2.05) is 50.2 Å². The Kier molecular flexibility index (Phi) is 7.96. The number of carbonyl (C=O) groups excluding carboxylic acids is 2. The highest BCUT2D eigenvalue weighted by Gasteiger charge is 2.35. The van der Waals surface area contributed by atoms with E-state index in [2.05, 4.69) is 5.43 Å². The molecule has 0 aliphatic rings. The Balaban J connectivity index is 2.26. The fourth-order valence-electron chi connectivity index (χ4n) is 3.01. The molecular formula is C23H28N2O3. The van der Waals surface area contributed by atoms with Crippen LogP contribution < -0.4 is 10.4 Å². The first-order chi connectivity index (χ1) is 13.5. The molecule has 0 saturated carbocycles. The van der Waals surface area contributed by atoms with Crippen molar-refractivity contribution >= 4 is 23.6 Å². The molecule has 2 aromatic carbocycles. The Morgan fingerprint density at radius 3 is 2.04 bits per heavy atom. The summed E-state index contributed by atoms with van der Waals surface area (Å²) in [6, 6.07) is 18.3. The van der Waals surface area contributed by atoms with Crippen molar-refractivity contribution in [3.8, 4) is 0 Å². The Morgan fingerprint density at radius 1 is 0.964 bits per heavy atom. The molecule has 5 nitrogen and oxygen atoms in total. The van der Waals surface area contributed by atoms with Gasteiger partial charge in [-0.25, -0.2) is 5.01 Å². The molecule has 0 aromatic heterocycles. The molecular weight excluding hydrogens is 352 g/mol. The summed E-state index contributed by atoms with van der Waals surface area (Å²) in [6.45, 7) is 3.83. The number of hydrogen-bond acceptors (Lipinski definition) is 3. The van der Waals surface area contributed by atoms with Crippen LogP contribution in [0.1, 0.15) is 45.1 Å². The van der Waals surface area contributed by atoms with Crippen LogP contribution in [0.4, 0.5) is 5.69 Å². The average molecular weight is 380 g/mol. The van der Waals surface area contributed by atoms with Gasteiger partial charge in [0.15, 0.2) is 0 Å². The molecule has 148 valence electrons. The fraction of sp³-hybridized carbons (Fsp3) is 0.304. The summed E-state index contributed by atoms with van der Waals surface area (Å²) in [5, 5.41) is 12.0. The minimum atomic E-state index is -1.50. The van der Waals surface area contributed by atoms with Crippen LogP contribution in [0.2, 0.25) is 0 Å². The highest BCUT2D eigenvalue weighted by molar-refractivity contribution is 6.05. The van der Waals surface area contributed by atoms with E-state index in [9.17, 15) is 14.7 Å². The minimum absolute atomic E-state index is 0.337. The zero-order chi connectivity index (χ0) is 20.4. The standard InChI is InChI=1S/C23H28N2O3/c1-3-17-23(28,18-4-2)22(27)24-25(20-13-9-6-10-14-20)21(26)16-15-19-11-7-5-8-12-19/h5-16,28H,3-4,17-18H2,1-2H3,(H,24,27)/b16-15+. The summed E-state index contributed by atoms with van der Waals surface area (Å²) in [5.41, 5.74) is 2.52. The molecule has 0 spiro atoms. The predicted octanol–water partition coefficient (Wildman–Crippen LogP) is 4.10. The van der Waals surface area contributed by atoms with Gasteiger partial charge in [0.05, 0.1) is 5.69 Å². The predicted molar refractivity (Wildman–Crippen MR) is 112 cm³/mol. The first-order valence-electron chi connectivity index (χ1n) is 9.66. The van der Waals surface area contributed by atoms with E-state index >= 15 is 0 Å². The first-order valence-corrected chi connectivity index (χ1v) is 9.66. The monoisotopic (exact) mass is 380 g/mol. The van der Waals surface area contributed by atoms with Gasteiger partial charge in [0.25, 0.3) is 11.8 Å². The van der Waals surface area contributed by atoms with E-state index in [0.29, 0.717) is 31.4 Å². The Bertz CT molecular complexity index is 782. The van der Waals surface area contributed by atoms with Crippen molar-refractivity contribution in [1.29, 1.82) is 0 Å². The second kappa shape index (κ2) is 10.4. The molecule has 28 heavy (non-hydrogen) atoms. The van der Waals surface area contributed by atoms with Gasteiger partial charge < -0.3 is 5.11 Å². The highest BCUT2D eigenvalue weighted by atomic mass is 16.3. The topological polar surface area (TPSA) is 69.6 Å². The molecule has 0 bridgehead atoms. The summed E-state index contributed by atoms with van der Waals surface area (Å²) in [6.07, 6.45) is 5.09. The van der Waals surface area contributed by atoms with E-state index in [1.165, 1.54) is 11.1 Å². The largest absolute Gasteiger partial charge is 0.380 e. The number of hydrogen-bond donors (Lipinski definition) is 2. The fourth-order valence-corrected chi connectivity index (χ4v) is 3.01. The molecule has 2 amide bonds. The molecule has 0 heterocycles. The number of anilines is 1. The van der Waals surface area contributed by atoms with Crippen molar-refractivity contribution in [2.75, 3.05) is 5.01 Å². The van der Waals surface area contributed by atoms with Crippen molar-refractivity contribution in [2.45, 2.75) is 45.1 Å². The number of carbonyl (C=O) groups is 2. The molecule has 2 rings (SSSR count). The maximum Gasteiger partial charge on any atom is 0.270 e. The number of aliphatic hydroxyl groups is 1. The van der Waals surface area contributed by atoms with Crippen molar-refractivity contribution in [3.05, 3.63) is 72.3 Å². The van der Waals surface area contributed by atoms with Crippen LogP contribution in [-0.2, 0) is 9.59 Å². The zero-order valence-electron chi connectivity index (χ0n) is 16.5. The van der Waals surface area contributed by atoms with Gasteiger partial charge in [0, 0.05) is 6.08 Å². The van der Waals surface area contributed by atoms with Crippen molar-refractivity contribution in [3.63, 3.8) is 0 Å². The summed E-state index contributed by atoms with van der Waals surface area (Å²) < 4.78 is 0. The molecule has 0 fully saturated rings. The summed E-state index contributed by atoms with van der Waals surface area (Å²) in [7, 11) is 0. The van der Waals surface area contributed by atoms with Gasteiger partial charge in [-0.1, -0.05) is 75.2 Å². The number of hydrazine groups is 1. The molecule has 5 heteroatoms. The summed E-state index contributed by atoms with van der Waals surface area (Å²) >= 11 is 0. The van der Waals surface area contributed by atoms with Crippen LogP contribution in [0.3, 0.4) is 0 Å². The number of nitrogens with zero attached hydrogens (tertiary/aromatic N) is 1. The molecule has 0 radical (unpaired) electrons. The number of nitrogens with one attached hydrogen (secondary N) is 1. The second-order valence-corrected chi connectivity index (χ2v) is 6.73. The van der Waals surface area contributed by atoms with Gasteiger partial charge in [0.2, 0.25) is 0 Å². The maximum atomic E-state index is 12.8. The van der Waals surface area contributed by atoms with E-state index in [1.54, 1.807) is 30.3 Å². The number of amides is 2. The third-order valence-electron chi connectivity index (χ3n) is 4.42. The van der Waals surface area contributed by atoms with Crippen molar-refractivity contribution in [1.82, 2.24) is 5.43 Å². The summed E-state index contributed by atoms with van der Waals surface area (Å²) in [5.74, 6) is -0.972. The summed E-state index contributed by atoms with van der Waals surface area (Å²) in [4.78, 5) is 25.7. The number of benzene rings is 2. The highest BCUT2D eigenvalue weighted by Crippen LogP contribution is 2.21. The normalized spacial score (nSPS) is 11.4. The van der Waals surface area contributed by atoms with E-state index < -0.39 is 17.4 Å². The number of rotatable bonds is 8. The molecule has 0 unspecified atom stereocenters. The maximum absolute atomic E-state index is 12.8. The van der Waals surface area contributed by atoms with Gasteiger partial charge in [-0.15, -0.1) is 0 Å². The van der Waals surface area contributed by atoms with Crippen LogP contribution in [0.25, 0.3) is 6.08 Å². The first kappa shape index (κ1) is 21.4. The lowest BCUT2D eigenvalue weighted by molar-refractivity contribution is -0.142. The minimum Gasteiger partial charge on any atom is -0.380 e. The van der Waals surface area contributed by atoms with Gasteiger partial charge in [-0.3, -0.25) is 15.0 Å². The van der Waals surface area contributed by atoms with E-state index in [0.717, 1.165) is 5.56 Å². The lowest BCUT2D eigenvalue weighted by Crippen LogP contribution is -2.55. The van der Waals surface area contributed by atoms with Gasteiger partial charge >= 0.3 is 0 Å². The Hall–Kier alpha value is -2.92.